The van der Waals surface area contributed by atoms with Crippen LogP contribution in [0.5, 0.6) is 5.75 Å². The molecule has 5 rings (SSSR count). The van der Waals surface area contributed by atoms with E-state index in [1.165, 1.54) is 23.3 Å². The summed E-state index contributed by atoms with van der Waals surface area (Å²) >= 11 is 10.9. The van der Waals surface area contributed by atoms with Gasteiger partial charge < -0.3 is 9.84 Å². The maximum absolute atomic E-state index is 13.3. The van der Waals surface area contributed by atoms with Crippen LogP contribution in [0.2, 0.25) is 5.02 Å². The van der Waals surface area contributed by atoms with Gasteiger partial charge in [-0.15, -0.1) is 0 Å². The van der Waals surface area contributed by atoms with Crippen molar-refractivity contribution in [1.82, 2.24) is 9.97 Å². The summed E-state index contributed by atoms with van der Waals surface area (Å²) in [5.41, 5.74) is 2.37. The molecule has 1 unspecified atom stereocenters. The summed E-state index contributed by atoms with van der Waals surface area (Å²) in [6.07, 6.45) is 3.16. The maximum Gasteiger partial charge on any atom is 0.301 e. The van der Waals surface area contributed by atoms with E-state index in [9.17, 15) is 14.7 Å². The SMILES string of the molecule is COc1ccc(/C(O)=C2\C(=O)C(=O)N(c3nc4cc(Cl)c(C)cc4s3)C2c2cccnc2)cc1Br. The third-order valence-corrected chi connectivity index (χ3v) is 7.78. The van der Waals surface area contributed by atoms with E-state index in [0.29, 0.717) is 37.0 Å². The highest BCUT2D eigenvalue weighted by atomic mass is 79.9. The third-order valence-electron chi connectivity index (χ3n) is 5.73. The van der Waals surface area contributed by atoms with Gasteiger partial charge in [-0.2, -0.15) is 0 Å². The molecule has 0 radical (unpaired) electrons. The van der Waals surface area contributed by atoms with E-state index in [1.54, 1.807) is 48.8 Å². The van der Waals surface area contributed by atoms with Gasteiger partial charge in [0.05, 0.1) is 33.4 Å². The number of fused-ring (bicyclic) bond motifs is 1. The average molecular weight is 571 g/mol. The lowest BCUT2D eigenvalue weighted by molar-refractivity contribution is -0.132. The zero-order valence-corrected chi connectivity index (χ0v) is 21.6. The monoisotopic (exact) mass is 569 g/mol. The number of nitrogens with zero attached hydrogens (tertiary/aromatic N) is 3. The van der Waals surface area contributed by atoms with Crippen LogP contribution in [0.15, 0.2) is 64.9 Å². The van der Waals surface area contributed by atoms with Crippen molar-refractivity contribution in [3.05, 3.63) is 86.6 Å². The largest absolute Gasteiger partial charge is 0.507 e. The van der Waals surface area contributed by atoms with Gasteiger partial charge in [-0.05, 0) is 70.4 Å². The topological polar surface area (TPSA) is 92.6 Å². The first-order valence-electron chi connectivity index (χ1n) is 10.4. The number of hydrogen-bond acceptors (Lipinski definition) is 7. The number of hydrogen-bond donors (Lipinski definition) is 1. The number of benzene rings is 2. The molecule has 1 fully saturated rings. The van der Waals surface area contributed by atoms with Crippen molar-refractivity contribution in [2.24, 2.45) is 0 Å². The highest BCUT2D eigenvalue weighted by Gasteiger charge is 2.48. The van der Waals surface area contributed by atoms with E-state index in [0.717, 1.165) is 10.3 Å². The Hall–Kier alpha value is -3.27. The minimum atomic E-state index is -0.915. The molecular weight excluding hydrogens is 554 g/mol. The number of aliphatic hydroxyl groups excluding tert-OH is 1. The van der Waals surface area contributed by atoms with Crippen molar-refractivity contribution in [1.29, 1.82) is 0 Å². The molecule has 0 aliphatic carbocycles. The molecule has 3 heterocycles. The second-order valence-electron chi connectivity index (χ2n) is 7.87. The smallest absolute Gasteiger partial charge is 0.301 e. The van der Waals surface area contributed by atoms with Crippen LogP contribution in [0.1, 0.15) is 22.7 Å². The van der Waals surface area contributed by atoms with E-state index in [-0.39, 0.29) is 11.3 Å². The van der Waals surface area contributed by atoms with E-state index >= 15 is 0 Å². The molecule has 0 bridgehead atoms. The lowest BCUT2D eigenvalue weighted by atomic mass is 9.96. The molecule has 2 aromatic carbocycles. The third kappa shape index (κ3) is 3.99. The Morgan fingerprint density at radius 2 is 2.03 bits per heavy atom. The van der Waals surface area contributed by atoms with Crippen LogP contribution in [0.25, 0.3) is 16.0 Å². The number of methoxy groups -OCH3 is 1. The predicted octanol–water partition coefficient (Wildman–Crippen LogP) is 6.05. The van der Waals surface area contributed by atoms with Gasteiger partial charge in [-0.1, -0.05) is 29.0 Å². The van der Waals surface area contributed by atoms with Crippen LogP contribution in [-0.4, -0.2) is 33.9 Å². The van der Waals surface area contributed by atoms with Crippen molar-refractivity contribution in [2.75, 3.05) is 12.0 Å². The van der Waals surface area contributed by atoms with Crippen molar-refractivity contribution >= 4 is 71.7 Å². The predicted molar refractivity (Wildman–Crippen MR) is 139 cm³/mol. The van der Waals surface area contributed by atoms with E-state index in [2.05, 4.69) is 25.9 Å². The molecule has 7 nitrogen and oxygen atoms in total. The van der Waals surface area contributed by atoms with Gasteiger partial charge in [0, 0.05) is 23.0 Å². The maximum atomic E-state index is 13.3. The summed E-state index contributed by atoms with van der Waals surface area (Å²) in [7, 11) is 1.53. The van der Waals surface area contributed by atoms with Crippen molar-refractivity contribution < 1.29 is 19.4 Å². The first kappa shape index (κ1) is 23.5. The standard InChI is InChI=1S/C25H17BrClN3O4S/c1-12-8-19-17(10-16(12)27)29-25(35-19)30-21(14-4-3-7-28-11-14)20(23(32)24(30)33)22(31)13-5-6-18(34-2)15(26)9-13/h3-11,21,31H,1-2H3/b22-20+. The number of amides is 1. The Morgan fingerprint density at radius 3 is 2.71 bits per heavy atom. The second kappa shape index (κ2) is 9.07. The number of pyridine rings is 1. The molecule has 1 atom stereocenters. The van der Waals surface area contributed by atoms with E-state index in [4.69, 9.17) is 16.3 Å². The molecule has 0 saturated carbocycles. The fourth-order valence-corrected chi connectivity index (χ4v) is 5.76. The van der Waals surface area contributed by atoms with Gasteiger partial charge in [0.25, 0.3) is 5.78 Å². The Bertz CT molecular complexity index is 1500. The Labute approximate surface area is 217 Å². The van der Waals surface area contributed by atoms with Crippen molar-refractivity contribution in [3.63, 3.8) is 0 Å². The molecule has 4 aromatic rings. The summed E-state index contributed by atoms with van der Waals surface area (Å²) in [5, 5.41) is 12.2. The first-order chi connectivity index (χ1) is 16.8. The fourth-order valence-electron chi connectivity index (χ4n) is 3.99. The number of halogens is 2. The summed E-state index contributed by atoms with van der Waals surface area (Å²) in [6.45, 7) is 1.88. The number of thiazole rings is 1. The van der Waals surface area contributed by atoms with Gasteiger partial charge in [0.2, 0.25) is 0 Å². The molecular formula is C25H17BrClN3O4S. The average Bonchev–Trinajstić information content (AvgIpc) is 3.37. The summed E-state index contributed by atoms with van der Waals surface area (Å²) in [5.74, 6) is -1.33. The number of rotatable bonds is 4. The van der Waals surface area contributed by atoms with Gasteiger partial charge in [0.1, 0.15) is 11.5 Å². The van der Waals surface area contributed by atoms with Gasteiger partial charge >= 0.3 is 5.91 Å². The Morgan fingerprint density at radius 1 is 1.23 bits per heavy atom. The lowest BCUT2D eigenvalue weighted by Crippen LogP contribution is -2.29. The molecule has 2 aromatic heterocycles. The summed E-state index contributed by atoms with van der Waals surface area (Å²) in [6, 6.07) is 11.1. The van der Waals surface area contributed by atoms with Gasteiger partial charge in [0.15, 0.2) is 5.13 Å². The number of carbonyl (C=O) groups excluding carboxylic acids is 2. The molecule has 176 valence electrons. The number of ether oxygens (including phenoxy) is 1. The lowest BCUT2D eigenvalue weighted by Gasteiger charge is -2.22. The van der Waals surface area contributed by atoms with Crippen LogP contribution >= 0.6 is 38.9 Å². The zero-order valence-electron chi connectivity index (χ0n) is 18.5. The van der Waals surface area contributed by atoms with Crippen LogP contribution in [0.3, 0.4) is 0 Å². The summed E-state index contributed by atoms with van der Waals surface area (Å²) in [4.78, 5) is 36.7. The van der Waals surface area contributed by atoms with Crippen LogP contribution in [0.4, 0.5) is 5.13 Å². The minimum absolute atomic E-state index is 0.0477. The minimum Gasteiger partial charge on any atom is -0.507 e. The highest BCUT2D eigenvalue weighted by molar-refractivity contribution is 9.10. The Kier molecular flexibility index (Phi) is 6.08. The molecule has 1 aliphatic heterocycles. The Balaban J connectivity index is 1.71. The van der Waals surface area contributed by atoms with E-state index < -0.39 is 17.7 Å². The molecule has 1 amide bonds. The number of aromatic nitrogens is 2. The number of aliphatic hydroxyl groups is 1. The number of Topliss-reactive ketones (excluding diaryl/α,β-unsaturated/α-hetero) is 1. The summed E-state index contributed by atoms with van der Waals surface area (Å²) < 4.78 is 6.67. The second-order valence-corrected chi connectivity index (χ2v) is 10.1. The van der Waals surface area contributed by atoms with Crippen LogP contribution < -0.4 is 9.64 Å². The number of carbonyl (C=O) groups is 2. The highest BCUT2D eigenvalue weighted by Crippen LogP contribution is 2.45. The van der Waals surface area contributed by atoms with Crippen molar-refractivity contribution in [2.45, 2.75) is 13.0 Å². The van der Waals surface area contributed by atoms with Crippen LogP contribution in [0, 0.1) is 6.92 Å². The number of ketones is 1. The molecule has 1 saturated heterocycles. The molecule has 1 aliphatic rings. The van der Waals surface area contributed by atoms with Gasteiger partial charge in [-0.25, -0.2) is 4.98 Å². The molecule has 10 heteroatoms. The van der Waals surface area contributed by atoms with E-state index in [1.807, 2.05) is 13.0 Å². The molecule has 1 N–H and O–H groups in total. The zero-order chi connectivity index (χ0) is 24.9. The quantitative estimate of drug-likeness (QED) is 0.182. The first-order valence-corrected chi connectivity index (χ1v) is 12.4. The number of aryl methyl sites for hydroxylation is 1. The van der Waals surface area contributed by atoms with Gasteiger partial charge in [-0.3, -0.25) is 19.5 Å². The molecule has 0 spiro atoms. The normalized spacial score (nSPS) is 17.4. The number of anilines is 1. The van der Waals surface area contributed by atoms with Crippen LogP contribution in [-0.2, 0) is 9.59 Å². The van der Waals surface area contributed by atoms with Crippen molar-refractivity contribution in [3.8, 4) is 5.75 Å². The molecule has 35 heavy (non-hydrogen) atoms. The fraction of sp³-hybridized carbons (Fsp3) is 0.120.